The number of carbonyl (C=O) groups is 1. The molecule has 0 spiro atoms. The lowest BCUT2D eigenvalue weighted by Gasteiger charge is -1.91. The molecule has 2 aromatic heterocycles. The Bertz CT molecular complexity index is 458. The van der Waals surface area contributed by atoms with E-state index in [1.807, 2.05) is 0 Å². The fourth-order valence-corrected chi connectivity index (χ4v) is 1.12. The Morgan fingerprint density at radius 3 is 2.93 bits per heavy atom. The van der Waals surface area contributed by atoms with Crippen molar-refractivity contribution in [3.8, 4) is 11.5 Å². The molecule has 0 saturated carbocycles. The second-order valence-electron chi connectivity index (χ2n) is 2.63. The first-order valence-corrected chi connectivity index (χ1v) is 3.78. The second-order valence-corrected chi connectivity index (χ2v) is 2.63. The number of aryl methyl sites for hydroxylation is 1. The van der Waals surface area contributed by atoms with Crippen molar-refractivity contribution >= 4 is 5.97 Å². The Hall–Kier alpha value is -2.11. The summed E-state index contributed by atoms with van der Waals surface area (Å²) in [6.07, 6.45) is 2.58. The number of nitrogens with zero attached hydrogens (tertiary/aromatic N) is 2. The molecule has 0 aliphatic carbocycles. The van der Waals surface area contributed by atoms with Crippen LogP contribution in [0.25, 0.3) is 11.5 Å². The van der Waals surface area contributed by atoms with E-state index >= 15 is 0 Å². The van der Waals surface area contributed by atoms with E-state index in [9.17, 15) is 4.79 Å². The largest absolute Gasteiger partial charge is 0.477 e. The molecule has 1 N–H and O–H groups in total. The SMILES string of the molecule is Cc1onc(-c2cnco2)c1C(=O)O. The van der Waals surface area contributed by atoms with Gasteiger partial charge in [-0.2, -0.15) is 0 Å². The van der Waals surface area contributed by atoms with Gasteiger partial charge in [-0.1, -0.05) is 5.16 Å². The van der Waals surface area contributed by atoms with Crippen LogP contribution in [-0.4, -0.2) is 21.2 Å². The molecule has 0 amide bonds. The Morgan fingerprint density at radius 1 is 1.57 bits per heavy atom. The molecule has 2 aromatic rings. The van der Waals surface area contributed by atoms with Crippen LogP contribution in [0.2, 0.25) is 0 Å². The van der Waals surface area contributed by atoms with Crippen LogP contribution in [0.1, 0.15) is 16.1 Å². The van der Waals surface area contributed by atoms with Crippen molar-refractivity contribution in [2.24, 2.45) is 0 Å². The van der Waals surface area contributed by atoms with Gasteiger partial charge in [0.05, 0.1) is 6.20 Å². The van der Waals surface area contributed by atoms with E-state index < -0.39 is 5.97 Å². The molecule has 0 aliphatic rings. The number of aromatic carboxylic acids is 1. The topological polar surface area (TPSA) is 89.4 Å². The van der Waals surface area contributed by atoms with Gasteiger partial charge in [0, 0.05) is 0 Å². The first kappa shape index (κ1) is 8.49. The average molecular weight is 194 g/mol. The summed E-state index contributed by atoms with van der Waals surface area (Å²) >= 11 is 0. The maximum absolute atomic E-state index is 10.8. The van der Waals surface area contributed by atoms with E-state index in [0.29, 0.717) is 0 Å². The van der Waals surface area contributed by atoms with Crippen LogP contribution in [0.3, 0.4) is 0 Å². The van der Waals surface area contributed by atoms with E-state index in [1.54, 1.807) is 0 Å². The normalized spacial score (nSPS) is 10.4. The van der Waals surface area contributed by atoms with Crippen molar-refractivity contribution in [2.45, 2.75) is 6.92 Å². The molecule has 72 valence electrons. The lowest BCUT2D eigenvalue weighted by molar-refractivity contribution is 0.0695. The second kappa shape index (κ2) is 2.99. The highest BCUT2D eigenvalue weighted by molar-refractivity contribution is 5.94. The maximum Gasteiger partial charge on any atom is 0.341 e. The number of oxazole rings is 1. The van der Waals surface area contributed by atoms with Crippen molar-refractivity contribution in [1.82, 2.24) is 10.1 Å². The molecule has 2 rings (SSSR count). The molecule has 0 unspecified atom stereocenters. The highest BCUT2D eigenvalue weighted by Crippen LogP contribution is 2.24. The van der Waals surface area contributed by atoms with E-state index in [0.717, 1.165) is 0 Å². The maximum atomic E-state index is 10.8. The molecule has 0 radical (unpaired) electrons. The van der Waals surface area contributed by atoms with Gasteiger partial charge >= 0.3 is 5.97 Å². The van der Waals surface area contributed by atoms with Gasteiger partial charge in [0.2, 0.25) is 0 Å². The van der Waals surface area contributed by atoms with Gasteiger partial charge in [-0.05, 0) is 6.92 Å². The summed E-state index contributed by atoms with van der Waals surface area (Å²) in [6.45, 7) is 1.52. The average Bonchev–Trinajstić information content (AvgIpc) is 2.70. The third-order valence-electron chi connectivity index (χ3n) is 1.74. The van der Waals surface area contributed by atoms with Crippen molar-refractivity contribution < 1.29 is 18.8 Å². The van der Waals surface area contributed by atoms with Crippen molar-refractivity contribution in [3.05, 3.63) is 23.9 Å². The predicted octanol–water partition coefficient (Wildman–Crippen LogP) is 1.34. The molecule has 0 atom stereocenters. The Morgan fingerprint density at radius 2 is 2.36 bits per heavy atom. The smallest absolute Gasteiger partial charge is 0.341 e. The van der Waals surface area contributed by atoms with Gasteiger partial charge in [0.15, 0.2) is 17.8 Å². The van der Waals surface area contributed by atoms with Crippen LogP contribution in [0.4, 0.5) is 0 Å². The Labute approximate surface area is 78.2 Å². The fraction of sp³-hybridized carbons (Fsp3) is 0.125. The quantitative estimate of drug-likeness (QED) is 0.775. The zero-order valence-electron chi connectivity index (χ0n) is 7.22. The molecule has 6 nitrogen and oxygen atoms in total. The minimum atomic E-state index is -1.10. The summed E-state index contributed by atoms with van der Waals surface area (Å²) in [4.78, 5) is 14.5. The van der Waals surface area contributed by atoms with Gasteiger partial charge in [0.1, 0.15) is 11.3 Å². The van der Waals surface area contributed by atoms with Crippen LogP contribution < -0.4 is 0 Å². The van der Waals surface area contributed by atoms with E-state index in [1.165, 1.54) is 19.5 Å². The standard InChI is InChI=1S/C8H6N2O4/c1-4-6(8(11)12)7(10-14-4)5-2-9-3-13-5/h2-3H,1H3,(H,11,12). The van der Waals surface area contributed by atoms with Gasteiger partial charge < -0.3 is 14.0 Å². The number of aromatic nitrogens is 2. The van der Waals surface area contributed by atoms with Crippen LogP contribution in [0.15, 0.2) is 21.5 Å². The molecule has 0 bridgehead atoms. The molecule has 0 aliphatic heterocycles. The molecule has 0 aromatic carbocycles. The third-order valence-corrected chi connectivity index (χ3v) is 1.74. The highest BCUT2D eigenvalue weighted by atomic mass is 16.5. The first-order valence-electron chi connectivity index (χ1n) is 3.78. The van der Waals surface area contributed by atoms with Gasteiger partial charge in [-0.3, -0.25) is 0 Å². The summed E-state index contributed by atoms with van der Waals surface area (Å²) in [6, 6.07) is 0. The molecular weight excluding hydrogens is 188 g/mol. The molecular formula is C8H6N2O4. The van der Waals surface area contributed by atoms with Crippen molar-refractivity contribution in [3.63, 3.8) is 0 Å². The molecule has 2 heterocycles. The first-order chi connectivity index (χ1) is 6.70. The Balaban J connectivity index is 2.60. The molecule has 0 saturated heterocycles. The molecule has 6 heteroatoms. The van der Waals surface area contributed by atoms with E-state index in [4.69, 9.17) is 14.0 Å². The van der Waals surface area contributed by atoms with Crippen LogP contribution >= 0.6 is 0 Å². The third kappa shape index (κ3) is 1.17. The summed E-state index contributed by atoms with van der Waals surface area (Å²) in [5.74, 6) is -0.585. The summed E-state index contributed by atoms with van der Waals surface area (Å²) in [5.41, 5.74) is 0.161. The van der Waals surface area contributed by atoms with Crippen LogP contribution in [0, 0.1) is 6.92 Å². The van der Waals surface area contributed by atoms with Crippen LogP contribution in [-0.2, 0) is 0 Å². The van der Waals surface area contributed by atoms with E-state index in [-0.39, 0.29) is 22.8 Å². The van der Waals surface area contributed by atoms with Crippen LogP contribution in [0.5, 0.6) is 0 Å². The van der Waals surface area contributed by atoms with E-state index in [2.05, 4.69) is 10.1 Å². The fourth-order valence-electron chi connectivity index (χ4n) is 1.12. The highest BCUT2D eigenvalue weighted by Gasteiger charge is 2.22. The zero-order chi connectivity index (χ0) is 10.1. The lowest BCUT2D eigenvalue weighted by atomic mass is 10.2. The predicted molar refractivity (Wildman–Crippen MR) is 43.7 cm³/mol. The number of carboxylic acid groups (broad SMARTS) is 1. The lowest BCUT2D eigenvalue weighted by Crippen LogP contribution is -1.98. The summed E-state index contributed by atoms with van der Waals surface area (Å²) in [5, 5.41) is 12.5. The molecule has 0 fully saturated rings. The minimum Gasteiger partial charge on any atom is -0.477 e. The Kier molecular flexibility index (Phi) is 1.81. The monoisotopic (exact) mass is 194 g/mol. The summed E-state index contributed by atoms with van der Waals surface area (Å²) < 4.78 is 9.69. The number of rotatable bonds is 2. The van der Waals surface area contributed by atoms with Crippen molar-refractivity contribution in [2.75, 3.05) is 0 Å². The zero-order valence-corrected chi connectivity index (χ0v) is 7.22. The van der Waals surface area contributed by atoms with Crippen molar-refractivity contribution in [1.29, 1.82) is 0 Å². The van der Waals surface area contributed by atoms with Gasteiger partial charge in [0.25, 0.3) is 0 Å². The van der Waals surface area contributed by atoms with Gasteiger partial charge in [-0.25, -0.2) is 9.78 Å². The number of hydrogen-bond donors (Lipinski definition) is 1. The van der Waals surface area contributed by atoms with Gasteiger partial charge in [-0.15, -0.1) is 0 Å². The number of hydrogen-bond acceptors (Lipinski definition) is 5. The molecule has 14 heavy (non-hydrogen) atoms. The minimum absolute atomic E-state index is 0.00162. The summed E-state index contributed by atoms with van der Waals surface area (Å²) in [7, 11) is 0. The number of carboxylic acids is 1.